The highest BCUT2D eigenvalue weighted by Crippen LogP contribution is 2.47. The number of hydrogen-bond acceptors (Lipinski definition) is 10. The number of fused-ring (bicyclic) bond motifs is 8. The topological polar surface area (TPSA) is 178 Å². The molecule has 3 aromatic carbocycles. The third-order valence-corrected chi connectivity index (χ3v) is 13.2. The van der Waals surface area contributed by atoms with Crippen molar-refractivity contribution in [2.45, 2.75) is 83.0 Å². The normalized spacial score (nSPS) is 19.7. The molecule has 4 heterocycles. The Bertz CT molecular complexity index is 2790. The van der Waals surface area contributed by atoms with Crippen LogP contribution in [0.15, 0.2) is 65.5 Å². The van der Waals surface area contributed by atoms with Gasteiger partial charge in [-0.25, -0.2) is 19.0 Å². The molecule has 5 aromatic rings. The van der Waals surface area contributed by atoms with E-state index >= 15 is 4.39 Å². The summed E-state index contributed by atoms with van der Waals surface area (Å²) < 4.78 is 34.2. The van der Waals surface area contributed by atoms with Crippen molar-refractivity contribution >= 4 is 34.8 Å². The molecule has 1 saturated carbocycles. The molecule has 62 heavy (non-hydrogen) atoms. The zero-order valence-corrected chi connectivity index (χ0v) is 34.4. The zero-order valence-electron chi connectivity index (χ0n) is 34.4. The molecule has 10 rings (SSSR count). The average molecular weight is 842 g/mol. The van der Waals surface area contributed by atoms with Gasteiger partial charge < -0.3 is 39.4 Å². The lowest BCUT2D eigenvalue weighted by Gasteiger charge is -2.31. The third-order valence-electron chi connectivity index (χ3n) is 13.2. The Morgan fingerprint density at radius 1 is 1.03 bits per heavy atom. The standard InChI is InChI=1S/C47H44FN5O9/c1-4-47(59)32-17-36-40-30(19-53(36)44(56)31(32)21-60-45(47)57)39-34(16-15-25-23(2)33(48)18-35(50-40)38(25)39)51-43(55)41(24-13-14-24)61-22-49-37(54)20-52(3)46(58)62-42-28-11-7-5-9-26(28)27-10-6-8-12-29(27)42/h5-12,17-18,24,34,41-42,59H,4,13-16,19-22H2,1-3H3,(H,49,54)(H,51,55)/t34-,41?,47-/m0/s1. The quantitative estimate of drug-likeness (QED) is 0.121. The second-order valence-corrected chi connectivity index (χ2v) is 16.9. The molecule has 2 aliphatic heterocycles. The smallest absolute Gasteiger partial charge is 0.410 e. The fourth-order valence-electron chi connectivity index (χ4n) is 9.75. The molecule has 1 fully saturated rings. The van der Waals surface area contributed by atoms with Crippen LogP contribution in [0.3, 0.4) is 0 Å². The first-order valence-electron chi connectivity index (χ1n) is 21.0. The van der Waals surface area contributed by atoms with E-state index in [-0.39, 0.29) is 55.8 Å². The number of ether oxygens (including phenoxy) is 3. The van der Waals surface area contributed by atoms with Crippen LogP contribution in [0.1, 0.15) is 89.3 Å². The Kier molecular flexibility index (Phi) is 9.52. The van der Waals surface area contributed by atoms with E-state index in [4.69, 9.17) is 19.2 Å². The van der Waals surface area contributed by atoms with Crippen LogP contribution < -0.4 is 16.2 Å². The zero-order chi connectivity index (χ0) is 43.2. The summed E-state index contributed by atoms with van der Waals surface area (Å²) in [5, 5.41) is 18.0. The molecular weight excluding hydrogens is 798 g/mol. The van der Waals surface area contributed by atoms with Crippen molar-refractivity contribution < 1.29 is 42.9 Å². The maximum Gasteiger partial charge on any atom is 0.410 e. The molecule has 3 amide bonds. The van der Waals surface area contributed by atoms with E-state index in [0.717, 1.165) is 46.2 Å². The predicted octanol–water partition coefficient (Wildman–Crippen LogP) is 5.34. The van der Waals surface area contributed by atoms with E-state index in [1.807, 2.05) is 48.5 Å². The van der Waals surface area contributed by atoms with Crippen molar-refractivity contribution in [1.82, 2.24) is 25.1 Å². The number of rotatable bonds is 10. The summed E-state index contributed by atoms with van der Waals surface area (Å²) >= 11 is 0. The Hall–Kier alpha value is -6.45. The average Bonchev–Trinajstić information content (AvgIpc) is 3.97. The van der Waals surface area contributed by atoms with E-state index < -0.39 is 53.2 Å². The number of benzene rings is 3. The van der Waals surface area contributed by atoms with Crippen molar-refractivity contribution in [3.05, 3.63) is 121 Å². The summed E-state index contributed by atoms with van der Waals surface area (Å²) in [4.78, 5) is 73.3. The van der Waals surface area contributed by atoms with Gasteiger partial charge in [-0.05, 0) is 78.8 Å². The number of carbonyl (C=O) groups is 4. The molecular formula is C47H44FN5O9. The second kappa shape index (κ2) is 14.9. The first-order chi connectivity index (χ1) is 29.9. The molecule has 1 unspecified atom stereocenters. The van der Waals surface area contributed by atoms with Crippen molar-refractivity contribution in [1.29, 1.82) is 0 Å². The van der Waals surface area contributed by atoms with Gasteiger partial charge in [0.2, 0.25) is 11.8 Å². The Balaban J connectivity index is 0.855. The van der Waals surface area contributed by atoms with Gasteiger partial charge in [0.15, 0.2) is 11.7 Å². The molecule has 15 heteroatoms. The van der Waals surface area contributed by atoms with E-state index in [9.17, 15) is 29.1 Å². The number of nitrogens with one attached hydrogen (secondary N) is 2. The molecule has 0 radical (unpaired) electrons. The molecule has 3 aliphatic carbocycles. The Labute approximate surface area is 355 Å². The number of halogens is 1. The van der Waals surface area contributed by atoms with Crippen molar-refractivity contribution in [3.63, 3.8) is 0 Å². The summed E-state index contributed by atoms with van der Waals surface area (Å²) in [7, 11) is 1.48. The van der Waals surface area contributed by atoms with Crippen LogP contribution in [0.5, 0.6) is 0 Å². The minimum Gasteiger partial charge on any atom is -0.458 e. The molecule has 2 aromatic heterocycles. The maximum absolute atomic E-state index is 15.4. The molecule has 3 atom stereocenters. The molecule has 0 bridgehead atoms. The van der Waals surface area contributed by atoms with Crippen molar-refractivity contribution in [2.24, 2.45) is 5.92 Å². The van der Waals surface area contributed by atoms with Crippen molar-refractivity contribution in [3.8, 4) is 22.5 Å². The lowest BCUT2D eigenvalue weighted by Crippen LogP contribution is -2.44. The summed E-state index contributed by atoms with van der Waals surface area (Å²) in [6.45, 7) is 2.59. The molecule has 0 spiro atoms. The van der Waals surface area contributed by atoms with E-state index in [1.165, 1.54) is 22.6 Å². The fourth-order valence-corrected chi connectivity index (χ4v) is 9.75. The van der Waals surface area contributed by atoms with Gasteiger partial charge in [-0.15, -0.1) is 0 Å². The lowest BCUT2D eigenvalue weighted by molar-refractivity contribution is -0.172. The van der Waals surface area contributed by atoms with E-state index in [0.29, 0.717) is 46.3 Å². The van der Waals surface area contributed by atoms with Gasteiger partial charge in [-0.2, -0.15) is 0 Å². The number of amides is 3. The van der Waals surface area contributed by atoms with Gasteiger partial charge in [0, 0.05) is 40.8 Å². The highest BCUT2D eigenvalue weighted by molar-refractivity contribution is 5.94. The molecule has 318 valence electrons. The molecule has 3 N–H and O–H groups in total. The van der Waals surface area contributed by atoms with Gasteiger partial charge >= 0.3 is 12.1 Å². The summed E-state index contributed by atoms with van der Waals surface area (Å²) in [6.07, 6.45) is 0.225. The van der Waals surface area contributed by atoms with E-state index in [2.05, 4.69) is 10.6 Å². The molecule has 5 aliphatic rings. The van der Waals surface area contributed by atoms with Gasteiger partial charge in [0.1, 0.15) is 31.8 Å². The number of nitrogens with zero attached hydrogens (tertiary/aromatic N) is 3. The van der Waals surface area contributed by atoms with Crippen molar-refractivity contribution in [2.75, 3.05) is 20.3 Å². The molecule has 0 saturated heterocycles. The number of carbonyl (C=O) groups excluding carboxylic acids is 4. The second-order valence-electron chi connectivity index (χ2n) is 16.9. The van der Waals surface area contributed by atoms with Gasteiger partial charge in [-0.1, -0.05) is 55.5 Å². The third kappa shape index (κ3) is 6.27. The highest BCUT2D eigenvalue weighted by Gasteiger charge is 2.46. The largest absolute Gasteiger partial charge is 0.458 e. The van der Waals surface area contributed by atoms with Gasteiger partial charge in [-0.3, -0.25) is 14.4 Å². The SMILES string of the molecule is CC[C@@]1(O)C(=O)OCc2c1cc1n(c2=O)Cc2c-1nc1cc(F)c(C)c3c1c2[C@@H](NC(=O)C(OCNC(=O)CN(C)C(=O)OC1c2ccccc2-c2ccccc21)C1CC1)CC3. The summed E-state index contributed by atoms with van der Waals surface area (Å²) in [5.74, 6) is -2.21. The van der Waals surface area contributed by atoms with Gasteiger partial charge in [0.05, 0.1) is 35.1 Å². The number of aromatic nitrogens is 2. The molecule has 14 nitrogen and oxygen atoms in total. The van der Waals surface area contributed by atoms with Crippen LogP contribution in [-0.2, 0) is 53.8 Å². The van der Waals surface area contributed by atoms with Gasteiger partial charge in [0.25, 0.3) is 5.56 Å². The summed E-state index contributed by atoms with van der Waals surface area (Å²) in [5.41, 5.74) is 5.46. The fraction of sp³-hybridized carbons (Fsp3) is 0.362. The van der Waals surface area contributed by atoms with Crippen LogP contribution in [0.25, 0.3) is 33.4 Å². The first-order valence-corrected chi connectivity index (χ1v) is 21.0. The Morgan fingerprint density at radius 3 is 2.44 bits per heavy atom. The maximum atomic E-state index is 15.4. The van der Waals surface area contributed by atoms with Crippen LogP contribution in [-0.4, -0.2) is 69.9 Å². The monoisotopic (exact) mass is 841 g/mol. The van der Waals surface area contributed by atoms with Crippen LogP contribution in [0.2, 0.25) is 0 Å². The summed E-state index contributed by atoms with van der Waals surface area (Å²) in [6, 6.07) is 17.9. The van der Waals surface area contributed by atoms with Crippen LogP contribution in [0.4, 0.5) is 9.18 Å². The minimum atomic E-state index is -2.02. The van der Waals surface area contributed by atoms with Crippen LogP contribution in [0, 0.1) is 18.7 Å². The minimum absolute atomic E-state index is 0.0153. The number of hydrogen-bond donors (Lipinski definition) is 3. The number of aliphatic hydroxyl groups is 1. The predicted molar refractivity (Wildman–Crippen MR) is 222 cm³/mol. The van der Waals surface area contributed by atoms with Crippen LogP contribution >= 0.6 is 0 Å². The number of likely N-dealkylation sites (N-methyl/N-ethyl adjacent to an activating group) is 1. The van der Waals surface area contributed by atoms with E-state index in [1.54, 1.807) is 19.9 Å². The lowest BCUT2D eigenvalue weighted by atomic mass is 9.81. The number of cyclic esters (lactones) is 1. The first kappa shape index (κ1) is 39.7. The Morgan fingerprint density at radius 2 is 1.74 bits per heavy atom. The highest BCUT2D eigenvalue weighted by atomic mass is 19.1. The number of pyridine rings is 2. The number of aryl methyl sites for hydroxylation is 1. The number of esters is 1.